The molecule has 0 saturated heterocycles. The molecule has 2 N–H and O–H groups in total. The van der Waals surface area contributed by atoms with Crippen molar-refractivity contribution in [1.29, 1.82) is 0 Å². The van der Waals surface area contributed by atoms with Crippen LogP contribution < -0.4 is 10.6 Å². The number of fused-ring (bicyclic) bond motifs is 1. The van der Waals surface area contributed by atoms with Crippen LogP contribution in [-0.2, 0) is 9.59 Å². The van der Waals surface area contributed by atoms with Gasteiger partial charge in [-0.2, -0.15) is 0 Å². The van der Waals surface area contributed by atoms with Crippen LogP contribution in [-0.4, -0.2) is 17.1 Å². The minimum absolute atomic E-state index is 0.0315. The fourth-order valence-corrected chi connectivity index (χ4v) is 4.92. The van der Waals surface area contributed by atoms with E-state index in [4.69, 9.17) is 0 Å². The van der Waals surface area contributed by atoms with Crippen molar-refractivity contribution in [2.75, 3.05) is 10.6 Å². The summed E-state index contributed by atoms with van der Waals surface area (Å²) in [5, 5.41) is 7.99. The Hall–Kier alpha value is -2.79. The van der Waals surface area contributed by atoms with Gasteiger partial charge in [-0.15, -0.1) is 11.8 Å². The van der Waals surface area contributed by atoms with Crippen molar-refractivity contribution in [1.82, 2.24) is 0 Å². The Morgan fingerprint density at radius 3 is 2.35 bits per heavy atom. The van der Waals surface area contributed by atoms with Crippen molar-refractivity contribution in [3.8, 4) is 0 Å². The van der Waals surface area contributed by atoms with Crippen LogP contribution in [0.2, 0.25) is 0 Å². The molecule has 0 spiro atoms. The number of hydrogen-bond acceptors (Lipinski definition) is 3. The van der Waals surface area contributed by atoms with E-state index < -0.39 is 0 Å². The Morgan fingerprint density at radius 2 is 1.58 bits per heavy atom. The summed E-state index contributed by atoms with van der Waals surface area (Å²) in [5.74, 6) is 0.236. The van der Waals surface area contributed by atoms with Gasteiger partial charge in [0.2, 0.25) is 11.8 Å². The fraction of sp³-hybridized carbons (Fsp3) is 0.308. The van der Waals surface area contributed by atoms with Gasteiger partial charge in [0.15, 0.2) is 0 Å². The van der Waals surface area contributed by atoms with Crippen LogP contribution >= 0.6 is 11.8 Å². The van der Waals surface area contributed by atoms with Gasteiger partial charge in [-0.3, -0.25) is 9.59 Å². The molecule has 31 heavy (non-hydrogen) atoms. The third-order valence-electron chi connectivity index (χ3n) is 5.83. The largest absolute Gasteiger partial charge is 0.326 e. The van der Waals surface area contributed by atoms with Crippen LogP contribution in [0.25, 0.3) is 10.8 Å². The number of benzene rings is 3. The Morgan fingerprint density at radius 1 is 0.871 bits per heavy atom. The summed E-state index contributed by atoms with van der Waals surface area (Å²) in [5.41, 5.74) is 1.64. The first-order valence-electron chi connectivity index (χ1n) is 11.0. The molecule has 4 nitrogen and oxygen atoms in total. The van der Waals surface area contributed by atoms with Gasteiger partial charge >= 0.3 is 0 Å². The van der Waals surface area contributed by atoms with Gasteiger partial charge < -0.3 is 10.6 Å². The molecular weight excluding hydrogens is 404 g/mol. The molecule has 4 rings (SSSR count). The zero-order valence-electron chi connectivity index (χ0n) is 17.8. The molecule has 1 saturated carbocycles. The number of amides is 2. The molecule has 1 unspecified atom stereocenters. The van der Waals surface area contributed by atoms with E-state index >= 15 is 0 Å². The number of nitrogens with one attached hydrogen (secondary N) is 2. The van der Waals surface area contributed by atoms with Gasteiger partial charge in [-0.25, -0.2) is 0 Å². The first-order chi connectivity index (χ1) is 15.1. The summed E-state index contributed by atoms with van der Waals surface area (Å²) in [7, 11) is 0. The SMILES string of the molecule is CC(Sc1ccc(NC(=O)C2CCCCC2)cc1)C(=O)Nc1cccc2ccccc12. The molecule has 0 aromatic heterocycles. The number of rotatable bonds is 6. The van der Waals surface area contributed by atoms with Gasteiger partial charge in [-0.1, -0.05) is 55.7 Å². The number of carbonyl (C=O) groups is 2. The van der Waals surface area contributed by atoms with Crippen LogP contribution in [0.3, 0.4) is 0 Å². The van der Waals surface area contributed by atoms with Crippen LogP contribution in [0.15, 0.2) is 71.6 Å². The van der Waals surface area contributed by atoms with Crippen molar-refractivity contribution in [2.24, 2.45) is 5.92 Å². The van der Waals surface area contributed by atoms with E-state index in [1.807, 2.05) is 73.7 Å². The fourth-order valence-electron chi connectivity index (χ4n) is 4.05. The van der Waals surface area contributed by atoms with Crippen molar-refractivity contribution in [3.05, 3.63) is 66.7 Å². The van der Waals surface area contributed by atoms with Crippen molar-refractivity contribution in [2.45, 2.75) is 49.2 Å². The summed E-state index contributed by atoms with van der Waals surface area (Å²) < 4.78 is 0. The first-order valence-corrected chi connectivity index (χ1v) is 11.8. The molecule has 1 fully saturated rings. The molecule has 1 aliphatic rings. The highest BCUT2D eigenvalue weighted by atomic mass is 32.2. The molecule has 1 atom stereocenters. The highest BCUT2D eigenvalue weighted by Crippen LogP contribution is 2.29. The smallest absolute Gasteiger partial charge is 0.237 e. The maximum atomic E-state index is 12.8. The Bertz CT molecular complexity index is 1050. The second-order valence-electron chi connectivity index (χ2n) is 8.12. The summed E-state index contributed by atoms with van der Waals surface area (Å²) in [6.45, 7) is 1.91. The minimum atomic E-state index is -0.248. The molecule has 5 heteroatoms. The first kappa shape index (κ1) is 21.4. The van der Waals surface area contributed by atoms with E-state index in [2.05, 4.69) is 10.6 Å². The topological polar surface area (TPSA) is 58.2 Å². The monoisotopic (exact) mass is 432 g/mol. The summed E-state index contributed by atoms with van der Waals surface area (Å²) in [6.07, 6.45) is 5.51. The average molecular weight is 433 g/mol. The molecule has 2 amide bonds. The van der Waals surface area contributed by atoms with E-state index in [-0.39, 0.29) is 23.0 Å². The van der Waals surface area contributed by atoms with Gasteiger partial charge in [0.05, 0.1) is 5.25 Å². The lowest BCUT2D eigenvalue weighted by atomic mass is 9.88. The predicted molar refractivity (Wildman–Crippen MR) is 130 cm³/mol. The van der Waals surface area contributed by atoms with Crippen LogP contribution in [0.1, 0.15) is 39.0 Å². The zero-order chi connectivity index (χ0) is 21.6. The third kappa shape index (κ3) is 5.47. The average Bonchev–Trinajstić information content (AvgIpc) is 2.81. The molecule has 3 aromatic rings. The maximum absolute atomic E-state index is 12.8. The second kappa shape index (κ2) is 10.0. The van der Waals surface area contributed by atoms with E-state index in [1.165, 1.54) is 18.2 Å². The lowest BCUT2D eigenvalue weighted by molar-refractivity contribution is -0.120. The molecule has 0 heterocycles. The van der Waals surface area contributed by atoms with Crippen LogP contribution in [0.4, 0.5) is 11.4 Å². The number of hydrogen-bond donors (Lipinski definition) is 2. The summed E-state index contributed by atoms with van der Waals surface area (Å²) in [4.78, 5) is 26.2. The predicted octanol–water partition coefficient (Wildman–Crippen LogP) is 6.48. The third-order valence-corrected chi connectivity index (χ3v) is 6.94. The molecule has 0 radical (unpaired) electrons. The lowest BCUT2D eigenvalue weighted by Crippen LogP contribution is -2.24. The Labute approximate surface area is 187 Å². The number of anilines is 2. The molecule has 1 aliphatic carbocycles. The van der Waals surface area contributed by atoms with E-state index in [0.717, 1.165) is 52.7 Å². The minimum Gasteiger partial charge on any atom is -0.326 e. The second-order valence-corrected chi connectivity index (χ2v) is 9.54. The van der Waals surface area contributed by atoms with Crippen LogP contribution in [0.5, 0.6) is 0 Å². The Balaban J connectivity index is 1.34. The highest BCUT2D eigenvalue weighted by molar-refractivity contribution is 8.00. The van der Waals surface area contributed by atoms with Gasteiger partial charge in [-0.05, 0) is 55.5 Å². The molecule has 160 valence electrons. The van der Waals surface area contributed by atoms with Crippen molar-refractivity contribution in [3.63, 3.8) is 0 Å². The zero-order valence-corrected chi connectivity index (χ0v) is 18.6. The normalized spacial score (nSPS) is 15.4. The molecule has 3 aromatic carbocycles. The molecule has 0 aliphatic heterocycles. The molecular formula is C26H28N2O2S. The lowest BCUT2D eigenvalue weighted by Gasteiger charge is -2.20. The van der Waals surface area contributed by atoms with Crippen LogP contribution in [0, 0.1) is 5.92 Å². The molecule has 0 bridgehead atoms. The number of thioether (sulfide) groups is 1. The van der Waals surface area contributed by atoms with Gasteiger partial charge in [0.25, 0.3) is 0 Å². The maximum Gasteiger partial charge on any atom is 0.237 e. The van der Waals surface area contributed by atoms with Gasteiger partial charge in [0.1, 0.15) is 0 Å². The quantitative estimate of drug-likeness (QED) is 0.438. The van der Waals surface area contributed by atoms with Gasteiger partial charge in [0, 0.05) is 27.6 Å². The van der Waals surface area contributed by atoms with Crippen molar-refractivity contribution < 1.29 is 9.59 Å². The summed E-state index contributed by atoms with van der Waals surface area (Å²) in [6, 6.07) is 21.7. The number of carbonyl (C=O) groups excluding carboxylic acids is 2. The highest BCUT2D eigenvalue weighted by Gasteiger charge is 2.21. The summed E-state index contributed by atoms with van der Waals surface area (Å²) >= 11 is 1.51. The van der Waals surface area contributed by atoms with E-state index in [1.54, 1.807) is 0 Å². The Kier molecular flexibility index (Phi) is 6.92. The van der Waals surface area contributed by atoms with E-state index in [0.29, 0.717) is 0 Å². The van der Waals surface area contributed by atoms with E-state index in [9.17, 15) is 9.59 Å². The standard InChI is InChI=1S/C26H28N2O2S/c1-18(25(29)28-24-13-7-11-19-8-5-6-12-23(19)24)31-22-16-14-21(15-17-22)27-26(30)20-9-3-2-4-10-20/h5-8,11-18,20H,2-4,9-10H2,1H3,(H,27,30)(H,28,29). The van der Waals surface area contributed by atoms with Crippen molar-refractivity contribution >= 4 is 45.7 Å².